The first-order valence-corrected chi connectivity index (χ1v) is 7.75. The molecule has 0 N–H and O–H groups in total. The van der Waals surface area contributed by atoms with Crippen molar-refractivity contribution in [3.8, 4) is 45.0 Å². The van der Waals surface area contributed by atoms with Crippen LogP contribution in [0.25, 0.3) is 45.0 Å². The van der Waals surface area contributed by atoms with E-state index in [0.717, 1.165) is 45.0 Å². The van der Waals surface area contributed by atoms with E-state index in [1.807, 2.05) is 49.1 Å². The van der Waals surface area contributed by atoms with Crippen LogP contribution in [0.1, 0.15) is 0 Å². The van der Waals surface area contributed by atoms with E-state index >= 15 is 0 Å². The van der Waals surface area contributed by atoms with Gasteiger partial charge < -0.3 is 0 Å². The van der Waals surface area contributed by atoms with E-state index in [0.29, 0.717) is 0 Å². The molecule has 5 rings (SSSR count). The maximum absolute atomic E-state index is 4.63. The molecule has 4 aromatic heterocycles. The van der Waals surface area contributed by atoms with E-state index in [4.69, 9.17) is 0 Å². The van der Waals surface area contributed by atoms with Crippen molar-refractivity contribution in [2.75, 3.05) is 0 Å². The fourth-order valence-corrected chi connectivity index (χ4v) is 3.24. The van der Waals surface area contributed by atoms with Crippen LogP contribution < -0.4 is 0 Å². The van der Waals surface area contributed by atoms with Crippen LogP contribution in [0.4, 0.5) is 0 Å². The van der Waals surface area contributed by atoms with E-state index in [9.17, 15) is 0 Å². The molecule has 4 heterocycles. The molecule has 0 saturated carbocycles. The van der Waals surface area contributed by atoms with Crippen molar-refractivity contribution in [2.45, 2.75) is 0 Å². The maximum atomic E-state index is 4.63. The van der Waals surface area contributed by atoms with Crippen LogP contribution in [-0.2, 0) is 0 Å². The first kappa shape index (κ1) is 13.1. The lowest BCUT2D eigenvalue weighted by atomic mass is 9.90. The Labute approximate surface area is 138 Å². The summed E-state index contributed by atoms with van der Waals surface area (Å²) in [5.41, 5.74) is 7.59. The lowest BCUT2D eigenvalue weighted by Gasteiger charge is -2.19. The minimum atomic E-state index is 0.898. The Morgan fingerprint density at radius 2 is 0.625 bits per heavy atom. The van der Waals surface area contributed by atoms with E-state index in [2.05, 4.69) is 44.2 Å². The summed E-state index contributed by atoms with van der Waals surface area (Å²) in [6.45, 7) is 0. The number of hydrogen-bond donors (Lipinski definition) is 0. The standard InChI is InChI=1S/C20H12N4/c1-5-13-17(21-9-1)14-6-2-11-23-19(14)16-8-4-12-24-20(16)15-7-3-10-22-18(13)15/h1-12H. The topological polar surface area (TPSA) is 51.6 Å². The molecular weight excluding hydrogens is 296 g/mol. The minimum Gasteiger partial charge on any atom is -0.255 e. The molecule has 1 aliphatic rings. The highest BCUT2D eigenvalue weighted by molar-refractivity contribution is 5.98. The molecule has 112 valence electrons. The predicted octanol–water partition coefficient (Wildman–Crippen LogP) is 4.25. The number of fused-ring (bicyclic) bond motifs is 8. The number of pyridine rings is 4. The number of rotatable bonds is 0. The molecule has 0 aromatic carbocycles. The van der Waals surface area contributed by atoms with Gasteiger partial charge in [-0.05, 0) is 48.5 Å². The van der Waals surface area contributed by atoms with Gasteiger partial charge in [0.25, 0.3) is 0 Å². The van der Waals surface area contributed by atoms with Crippen LogP contribution in [0.3, 0.4) is 0 Å². The average molecular weight is 308 g/mol. The van der Waals surface area contributed by atoms with Gasteiger partial charge in [0.15, 0.2) is 0 Å². The second-order valence-corrected chi connectivity index (χ2v) is 5.60. The fourth-order valence-electron chi connectivity index (χ4n) is 3.24. The van der Waals surface area contributed by atoms with E-state index in [1.165, 1.54) is 0 Å². The fraction of sp³-hybridized carbons (Fsp3) is 0. The summed E-state index contributed by atoms with van der Waals surface area (Å²) in [6.07, 6.45) is 7.24. The first-order chi connectivity index (χ1) is 11.9. The molecule has 0 amide bonds. The smallest absolute Gasteiger partial charge is 0.0818 e. The molecule has 0 saturated heterocycles. The van der Waals surface area contributed by atoms with Gasteiger partial charge in [-0.3, -0.25) is 19.9 Å². The Balaban J connectivity index is 2.01. The monoisotopic (exact) mass is 308 g/mol. The Kier molecular flexibility index (Phi) is 2.76. The molecule has 0 radical (unpaired) electrons. The van der Waals surface area contributed by atoms with Crippen LogP contribution in [0.2, 0.25) is 0 Å². The molecule has 4 aromatic rings. The highest BCUT2D eigenvalue weighted by atomic mass is 14.8. The summed E-state index contributed by atoms with van der Waals surface area (Å²) < 4.78 is 0. The van der Waals surface area contributed by atoms with Crippen molar-refractivity contribution in [3.63, 3.8) is 0 Å². The number of aromatic nitrogens is 4. The van der Waals surface area contributed by atoms with Crippen LogP contribution in [0, 0.1) is 0 Å². The van der Waals surface area contributed by atoms with Gasteiger partial charge in [0.05, 0.1) is 22.8 Å². The molecule has 0 aliphatic heterocycles. The van der Waals surface area contributed by atoms with Crippen LogP contribution in [0.5, 0.6) is 0 Å². The predicted molar refractivity (Wildman–Crippen MR) is 92.9 cm³/mol. The summed E-state index contributed by atoms with van der Waals surface area (Å²) in [7, 11) is 0. The van der Waals surface area contributed by atoms with Crippen LogP contribution in [-0.4, -0.2) is 19.9 Å². The van der Waals surface area contributed by atoms with Crippen molar-refractivity contribution >= 4 is 0 Å². The molecule has 0 bridgehead atoms. The third kappa shape index (κ3) is 1.80. The zero-order chi connectivity index (χ0) is 15.9. The Morgan fingerprint density at radius 1 is 0.375 bits per heavy atom. The maximum Gasteiger partial charge on any atom is 0.0818 e. The third-order valence-electron chi connectivity index (χ3n) is 4.25. The number of hydrogen-bond acceptors (Lipinski definition) is 4. The van der Waals surface area contributed by atoms with Crippen molar-refractivity contribution in [3.05, 3.63) is 73.3 Å². The highest BCUT2D eigenvalue weighted by Crippen LogP contribution is 2.43. The van der Waals surface area contributed by atoms with Crippen molar-refractivity contribution < 1.29 is 0 Å². The molecule has 4 nitrogen and oxygen atoms in total. The molecule has 0 atom stereocenters. The van der Waals surface area contributed by atoms with Gasteiger partial charge in [0.1, 0.15) is 0 Å². The molecule has 1 aliphatic carbocycles. The summed E-state index contributed by atoms with van der Waals surface area (Å²) in [4.78, 5) is 18.5. The van der Waals surface area contributed by atoms with Gasteiger partial charge in [-0.15, -0.1) is 0 Å². The molecule has 0 spiro atoms. The van der Waals surface area contributed by atoms with Crippen molar-refractivity contribution in [1.29, 1.82) is 0 Å². The molecular formula is C20H12N4. The van der Waals surface area contributed by atoms with Crippen molar-refractivity contribution in [2.24, 2.45) is 0 Å². The Morgan fingerprint density at radius 3 is 0.875 bits per heavy atom. The normalized spacial score (nSPS) is 11.3. The zero-order valence-electron chi connectivity index (χ0n) is 12.7. The summed E-state index contributed by atoms with van der Waals surface area (Å²) in [5.74, 6) is 0. The highest BCUT2D eigenvalue weighted by Gasteiger charge is 2.24. The van der Waals surface area contributed by atoms with Gasteiger partial charge in [-0.2, -0.15) is 0 Å². The summed E-state index contributed by atoms with van der Waals surface area (Å²) in [6, 6.07) is 16.0. The lowest BCUT2D eigenvalue weighted by Crippen LogP contribution is -2.02. The lowest BCUT2D eigenvalue weighted by molar-refractivity contribution is 1.22. The van der Waals surface area contributed by atoms with E-state index < -0.39 is 0 Å². The molecule has 24 heavy (non-hydrogen) atoms. The molecule has 0 unspecified atom stereocenters. The van der Waals surface area contributed by atoms with Gasteiger partial charge in [-0.25, -0.2) is 0 Å². The van der Waals surface area contributed by atoms with Gasteiger partial charge in [0.2, 0.25) is 0 Å². The largest absolute Gasteiger partial charge is 0.255 e. The van der Waals surface area contributed by atoms with Crippen LogP contribution in [0.15, 0.2) is 73.3 Å². The average Bonchev–Trinajstić information content (AvgIpc) is 2.67. The van der Waals surface area contributed by atoms with Gasteiger partial charge >= 0.3 is 0 Å². The quantitative estimate of drug-likeness (QED) is 0.429. The SMILES string of the molecule is c1cnc2c(c1)-c1ncccc1-c1ncccc1-c1ncccc1-2. The van der Waals surface area contributed by atoms with E-state index in [-0.39, 0.29) is 0 Å². The van der Waals surface area contributed by atoms with E-state index in [1.54, 1.807) is 0 Å². The third-order valence-corrected chi connectivity index (χ3v) is 4.25. The summed E-state index contributed by atoms with van der Waals surface area (Å²) in [5, 5.41) is 0. The van der Waals surface area contributed by atoms with Gasteiger partial charge in [0, 0.05) is 47.0 Å². The second kappa shape index (κ2) is 5.06. The first-order valence-electron chi connectivity index (χ1n) is 7.75. The summed E-state index contributed by atoms with van der Waals surface area (Å²) >= 11 is 0. The Bertz CT molecular complexity index is 785. The molecule has 4 heteroatoms. The minimum absolute atomic E-state index is 0.898. The zero-order valence-corrected chi connectivity index (χ0v) is 12.7. The van der Waals surface area contributed by atoms with Crippen LogP contribution >= 0.6 is 0 Å². The van der Waals surface area contributed by atoms with Gasteiger partial charge in [-0.1, -0.05) is 0 Å². The second-order valence-electron chi connectivity index (χ2n) is 5.60. The van der Waals surface area contributed by atoms with Crippen molar-refractivity contribution in [1.82, 2.24) is 19.9 Å². The molecule has 0 fully saturated rings. The number of nitrogens with zero attached hydrogens (tertiary/aromatic N) is 4. The Hall–Kier alpha value is -3.40.